The first kappa shape index (κ1) is 16.5. The van der Waals surface area contributed by atoms with Crippen LogP contribution in [0, 0.1) is 11.3 Å². The van der Waals surface area contributed by atoms with Crippen molar-refractivity contribution in [2.45, 2.75) is 65.0 Å². The molecule has 0 spiro atoms. The Morgan fingerprint density at radius 1 is 1.14 bits per heavy atom. The molecule has 1 aromatic rings. The van der Waals surface area contributed by atoms with Gasteiger partial charge in [0, 0.05) is 12.1 Å². The summed E-state index contributed by atoms with van der Waals surface area (Å²) < 4.78 is 0. The molecule has 0 bridgehead atoms. The lowest BCUT2D eigenvalue weighted by molar-refractivity contribution is 0.136. The number of nitrogens with one attached hydrogen (secondary N) is 1. The minimum atomic E-state index is -0.0875. The predicted octanol–water partition coefficient (Wildman–Crippen LogP) is 4.13. The average Bonchev–Trinajstić information content (AvgIpc) is 2.69. The Labute approximate surface area is 130 Å². The first-order valence-electron chi connectivity index (χ1n) is 8.35. The van der Waals surface area contributed by atoms with Crippen molar-refractivity contribution in [3.8, 4) is 0 Å². The smallest absolute Gasteiger partial charge is 0.0613 e. The van der Waals surface area contributed by atoms with E-state index >= 15 is 0 Å². The topological polar surface area (TPSA) is 32.3 Å². The molecular weight excluding hydrogens is 258 g/mol. The molecule has 2 heteroatoms. The van der Waals surface area contributed by atoms with Crippen molar-refractivity contribution in [1.82, 2.24) is 5.32 Å². The Kier molecular flexibility index (Phi) is 5.45. The molecule has 2 rings (SSSR count). The van der Waals surface area contributed by atoms with Gasteiger partial charge < -0.3 is 10.4 Å². The van der Waals surface area contributed by atoms with Gasteiger partial charge in [-0.25, -0.2) is 0 Å². The van der Waals surface area contributed by atoms with Crippen molar-refractivity contribution < 1.29 is 5.11 Å². The zero-order valence-corrected chi connectivity index (χ0v) is 13.9. The lowest BCUT2D eigenvalue weighted by atomic mass is 9.76. The highest BCUT2D eigenvalue weighted by molar-refractivity contribution is 5.14. The van der Waals surface area contributed by atoms with Crippen LogP contribution in [0.25, 0.3) is 0 Å². The van der Waals surface area contributed by atoms with Gasteiger partial charge in [-0.2, -0.15) is 0 Å². The van der Waals surface area contributed by atoms with Gasteiger partial charge in [-0.3, -0.25) is 0 Å². The maximum absolute atomic E-state index is 9.97. The lowest BCUT2D eigenvalue weighted by Crippen LogP contribution is -2.47. The van der Waals surface area contributed by atoms with Gasteiger partial charge in [0.25, 0.3) is 0 Å². The summed E-state index contributed by atoms with van der Waals surface area (Å²) in [6.07, 6.45) is 5.88. The molecule has 1 fully saturated rings. The molecule has 2 atom stereocenters. The Balaban J connectivity index is 1.98. The molecule has 2 N–H and O–H groups in total. The van der Waals surface area contributed by atoms with Crippen LogP contribution in [0.2, 0.25) is 0 Å². The number of aliphatic hydroxyl groups excluding tert-OH is 1. The monoisotopic (exact) mass is 289 g/mol. The second-order valence-electron chi connectivity index (χ2n) is 7.77. The molecule has 0 saturated heterocycles. The van der Waals surface area contributed by atoms with Crippen molar-refractivity contribution in [1.29, 1.82) is 0 Å². The van der Waals surface area contributed by atoms with E-state index in [9.17, 15) is 5.11 Å². The van der Waals surface area contributed by atoms with Gasteiger partial charge in [0.15, 0.2) is 0 Å². The largest absolute Gasteiger partial charge is 0.394 e. The molecule has 1 aromatic carbocycles. The first-order chi connectivity index (χ1) is 9.95. The molecule has 1 aliphatic carbocycles. The number of rotatable bonds is 4. The zero-order chi connectivity index (χ0) is 15.3. The molecule has 21 heavy (non-hydrogen) atoms. The summed E-state index contributed by atoms with van der Waals surface area (Å²) in [5.41, 5.74) is 1.59. The predicted molar refractivity (Wildman–Crippen MR) is 89.1 cm³/mol. The van der Waals surface area contributed by atoms with E-state index in [1.54, 1.807) is 0 Å². The van der Waals surface area contributed by atoms with E-state index in [0.717, 1.165) is 25.3 Å². The molecule has 2 unspecified atom stereocenters. The van der Waals surface area contributed by atoms with Gasteiger partial charge in [0.2, 0.25) is 0 Å². The molecule has 1 saturated carbocycles. The quantitative estimate of drug-likeness (QED) is 0.817. The van der Waals surface area contributed by atoms with E-state index < -0.39 is 0 Å². The molecule has 0 aliphatic heterocycles. The molecule has 0 aromatic heterocycles. The fourth-order valence-electron chi connectivity index (χ4n) is 3.55. The number of aliphatic hydroxyl groups is 1. The van der Waals surface area contributed by atoms with Gasteiger partial charge in [0.1, 0.15) is 0 Å². The van der Waals surface area contributed by atoms with Gasteiger partial charge in [0.05, 0.1) is 6.61 Å². The molecule has 118 valence electrons. The Morgan fingerprint density at radius 2 is 1.86 bits per heavy atom. The summed E-state index contributed by atoms with van der Waals surface area (Å²) >= 11 is 0. The van der Waals surface area contributed by atoms with Gasteiger partial charge in [-0.05, 0) is 42.6 Å². The molecular formula is C19H31NO. The molecule has 0 amide bonds. The van der Waals surface area contributed by atoms with E-state index in [4.69, 9.17) is 0 Å². The lowest BCUT2D eigenvalue weighted by Gasteiger charge is -2.34. The van der Waals surface area contributed by atoms with Crippen LogP contribution in [0.4, 0.5) is 0 Å². The van der Waals surface area contributed by atoms with Crippen LogP contribution in [-0.2, 0) is 6.54 Å². The van der Waals surface area contributed by atoms with Crippen molar-refractivity contribution in [3.63, 3.8) is 0 Å². The van der Waals surface area contributed by atoms with Crippen LogP contribution < -0.4 is 5.32 Å². The van der Waals surface area contributed by atoms with E-state index in [-0.39, 0.29) is 12.1 Å². The number of hydrogen-bond donors (Lipinski definition) is 2. The van der Waals surface area contributed by atoms with Crippen molar-refractivity contribution in [2.24, 2.45) is 11.3 Å². The van der Waals surface area contributed by atoms with Gasteiger partial charge in [-0.1, -0.05) is 57.5 Å². The average molecular weight is 289 g/mol. The fourth-order valence-corrected chi connectivity index (χ4v) is 3.55. The second kappa shape index (κ2) is 6.93. The Bertz CT molecular complexity index is 423. The summed E-state index contributed by atoms with van der Waals surface area (Å²) in [5, 5.41) is 13.6. The van der Waals surface area contributed by atoms with Gasteiger partial charge >= 0.3 is 0 Å². The Morgan fingerprint density at radius 3 is 2.48 bits per heavy atom. The summed E-state index contributed by atoms with van der Waals surface area (Å²) in [7, 11) is 0. The highest BCUT2D eigenvalue weighted by Crippen LogP contribution is 2.39. The second-order valence-corrected chi connectivity index (χ2v) is 7.77. The van der Waals surface area contributed by atoms with Crippen molar-refractivity contribution in [3.05, 3.63) is 35.9 Å². The molecule has 2 nitrogen and oxygen atoms in total. The van der Waals surface area contributed by atoms with Crippen molar-refractivity contribution in [2.75, 3.05) is 6.61 Å². The number of benzene rings is 1. The van der Waals surface area contributed by atoms with Crippen LogP contribution in [-0.4, -0.2) is 17.3 Å². The minimum Gasteiger partial charge on any atom is -0.394 e. The Hall–Kier alpha value is -0.860. The van der Waals surface area contributed by atoms with Crippen LogP contribution in [0.15, 0.2) is 30.3 Å². The van der Waals surface area contributed by atoms with E-state index in [0.29, 0.717) is 5.41 Å². The summed E-state index contributed by atoms with van der Waals surface area (Å²) in [6, 6.07) is 10.5. The summed E-state index contributed by atoms with van der Waals surface area (Å²) in [5.74, 6) is 0.768. The van der Waals surface area contributed by atoms with Crippen LogP contribution >= 0.6 is 0 Å². The third kappa shape index (κ3) is 4.55. The normalized spacial score (nSPS) is 27.3. The van der Waals surface area contributed by atoms with Gasteiger partial charge in [-0.15, -0.1) is 0 Å². The maximum Gasteiger partial charge on any atom is 0.0613 e. The maximum atomic E-state index is 9.97. The minimum absolute atomic E-state index is 0.0875. The van der Waals surface area contributed by atoms with Crippen LogP contribution in [0.1, 0.15) is 58.4 Å². The molecule has 0 heterocycles. The fraction of sp³-hybridized carbons (Fsp3) is 0.684. The van der Waals surface area contributed by atoms with E-state index in [1.807, 2.05) is 6.07 Å². The SMILES string of the molecule is CC(C)(C)C1CCCC(CO)(NCc2ccccc2)CC1. The highest BCUT2D eigenvalue weighted by atomic mass is 16.3. The van der Waals surface area contributed by atoms with Crippen molar-refractivity contribution >= 4 is 0 Å². The standard InChI is InChI=1S/C19H31NO/c1-18(2,3)17-10-7-12-19(15-21,13-11-17)20-14-16-8-5-4-6-9-16/h4-6,8-9,17,20-21H,7,10-15H2,1-3H3. The highest BCUT2D eigenvalue weighted by Gasteiger charge is 2.35. The molecule has 0 radical (unpaired) electrons. The summed E-state index contributed by atoms with van der Waals surface area (Å²) in [6.45, 7) is 8.14. The summed E-state index contributed by atoms with van der Waals surface area (Å²) in [4.78, 5) is 0. The van der Waals surface area contributed by atoms with E-state index in [1.165, 1.54) is 24.8 Å². The number of hydrogen-bond acceptors (Lipinski definition) is 2. The van der Waals surface area contributed by atoms with Crippen LogP contribution in [0.3, 0.4) is 0 Å². The molecule has 1 aliphatic rings. The van der Waals surface area contributed by atoms with Crippen LogP contribution in [0.5, 0.6) is 0 Å². The zero-order valence-electron chi connectivity index (χ0n) is 13.9. The first-order valence-corrected chi connectivity index (χ1v) is 8.35. The third-order valence-corrected chi connectivity index (χ3v) is 5.22. The third-order valence-electron chi connectivity index (χ3n) is 5.22. The van der Waals surface area contributed by atoms with E-state index in [2.05, 4.69) is 50.4 Å².